The van der Waals surface area contributed by atoms with Crippen LogP contribution in [-0.4, -0.2) is 13.1 Å². The quantitative estimate of drug-likeness (QED) is 0.440. The van der Waals surface area contributed by atoms with Gasteiger partial charge >= 0.3 is 5.97 Å². The Balaban J connectivity index is 3.46. The minimum Gasteiger partial charge on any atom is -0.469 e. The van der Waals surface area contributed by atoms with Gasteiger partial charge in [-0.25, -0.2) is 0 Å². The summed E-state index contributed by atoms with van der Waals surface area (Å²) >= 11 is 0. The van der Waals surface area contributed by atoms with Gasteiger partial charge in [0.15, 0.2) is 0 Å². The molecule has 0 unspecified atom stereocenters. The molecule has 0 spiro atoms. The van der Waals surface area contributed by atoms with Gasteiger partial charge in [0.05, 0.1) is 7.11 Å². The van der Waals surface area contributed by atoms with Crippen molar-refractivity contribution in [1.82, 2.24) is 0 Å². The van der Waals surface area contributed by atoms with Gasteiger partial charge in [-0.2, -0.15) is 0 Å². The molecule has 0 aromatic carbocycles. The maximum atomic E-state index is 10.2. The topological polar surface area (TPSA) is 26.3 Å². The van der Waals surface area contributed by atoms with Crippen LogP contribution in [0.1, 0.15) is 16.0 Å². The summed E-state index contributed by atoms with van der Waals surface area (Å²) < 4.78 is 17.5. The first-order chi connectivity index (χ1) is 3.72. The van der Waals surface area contributed by atoms with E-state index < -0.39 is 12.4 Å². The number of hydrogen-bond acceptors (Lipinski definition) is 2. The highest BCUT2D eigenvalue weighted by Gasteiger charge is 1.87. The van der Waals surface area contributed by atoms with Crippen molar-refractivity contribution < 1.29 is 12.3 Å². The van der Waals surface area contributed by atoms with E-state index in [2.05, 4.69) is 4.74 Å². The first-order valence-corrected chi connectivity index (χ1v) is 1.51. The van der Waals surface area contributed by atoms with Gasteiger partial charge in [0, 0.05) is 9.14 Å². The molecule has 0 rings (SSSR count). The summed E-state index contributed by atoms with van der Waals surface area (Å²) in [6.45, 7) is -0.229. The zero-order chi connectivity index (χ0) is 6.57. The maximum absolute atomic E-state index is 10.2. The van der Waals surface area contributed by atoms with E-state index in [1.54, 1.807) is 0 Å². The van der Waals surface area contributed by atoms with Crippen LogP contribution >= 0.6 is 0 Å². The van der Waals surface area contributed by atoms with Gasteiger partial charge < -0.3 is 4.74 Å². The van der Waals surface area contributed by atoms with Gasteiger partial charge in [-0.1, -0.05) is 6.90 Å². The third kappa shape index (κ3) is 1.76. The molecule has 0 N–H and O–H groups in total. The van der Waals surface area contributed by atoms with Crippen molar-refractivity contribution in [2.24, 2.45) is 0 Å². The molecular formula is C4H8O2. The van der Waals surface area contributed by atoms with Gasteiger partial charge in [0.1, 0.15) is 0 Å². The van der Waals surface area contributed by atoms with Crippen LogP contribution in [-0.2, 0) is 9.53 Å². The van der Waals surface area contributed by atoms with Crippen molar-refractivity contribution in [2.45, 2.75) is 13.3 Å². The molecule has 6 heavy (non-hydrogen) atoms. The van der Waals surface area contributed by atoms with E-state index >= 15 is 0 Å². The van der Waals surface area contributed by atoms with Gasteiger partial charge in [-0.3, -0.25) is 4.79 Å². The van der Waals surface area contributed by atoms with Crippen LogP contribution in [0.4, 0.5) is 0 Å². The number of hydrogen-bond donors (Lipinski definition) is 0. The summed E-state index contributed by atoms with van der Waals surface area (Å²) in [6.07, 6.45) is -1.03. The Labute approximate surface area is 39.9 Å². The molecule has 0 saturated carbocycles. The maximum Gasteiger partial charge on any atom is 0.305 e. The third-order valence-electron chi connectivity index (χ3n) is 0.368. The molecule has 0 aromatic heterocycles. The highest BCUT2D eigenvalue weighted by atomic mass is 16.5. The van der Waals surface area contributed by atoms with Crippen LogP contribution in [0.15, 0.2) is 0 Å². The van der Waals surface area contributed by atoms with E-state index in [1.165, 1.54) is 7.11 Å². The Morgan fingerprint density at radius 1 is 2.33 bits per heavy atom. The molecular weight excluding hydrogens is 80.0 g/mol. The summed E-state index contributed by atoms with van der Waals surface area (Å²) in [5, 5.41) is 0. The molecule has 2 heteroatoms. The number of rotatable bonds is 1. The Bertz CT molecular complexity index is 84.1. The summed E-state index contributed by atoms with van der Waals surface area (Å²) in [5.41, 5.74) is 0. The Hall–Kier alpha value is -0.530. The Kier molecular flexibility index (Phi) is 1.17. The Morgan fingerprint density at radius 2 is 3.00 bits per heavy atom. The van der Waals surface area contributed by atoms with Gasteiger partial charge in [0.2, 0.25) is 0 Å². The molecule has 2 nitrogen and oxygen atoms in total. The molecule has 0 aliphatic carbocycles. The lowest BCUT2D eigenvalue weighted by molar-refractivity contribution is -0.140. The van der Waals surface area contributed by atoms with Crippen molar-refractivity contribution in [3.8, 4) is 0 Å². The highest BCUT2D eigenvalue weighted by Crippen LogP contribution is 1.76. The van der Waals surface area contributed by atoms with E-state index in [-0.39, 0.29) is 6.90 Å². The normalized spacial score (nSPS) is 17.5. The number of methoxy groups -OCH3 is 1. The smallest absolute Gasteiger partial charge is 0.305 e. The molecule has 36 valence electrons. The van der Waals surface area contributed by atoms with E-state index in [9.17, 15) is 4.79 Å². The molecule has 0 amide bonds. The fourth-order valence-electron chi connectivity index (χ4n) is 0.0833. The average Bonchev–Trinajstić information content (AvgIpc) is 1.84. The lowest BCUT2D eigenvalue weighted by Gasteiger charge is -1.87. The van der Waals surface area contributed by atoms with E-state index in [1.807, 2.05) is 0 Å². The van der Waals surface area contributed by atoms with Crippen molar-refractivity contribution in [3.63, 3.8) is 0 Å². The SMILES string of the molecule is [2H]C[C@H]([2H])C(=O)OC. The zero-order valence-electron chi connectivity index (χ0n) is 5.60. The molecule has 0 saturated heterocycles. The van der Waals surface area contributed by atoms with Crippen molar-refractivity contribution in [2.75, 3.05) is 7.11 Å². The number of esters is 1. The third-order valence-corrected chi connectivity index (χ3v) is 0.368. The van der Waals surface area contributed by atoms with Crippen LogP contribution in [0.3, 0.4) is 0 Å². The first-order valence-electron chi connectivity index (χ1n) is 2.80. The molecule has 0 aliphatic rings. The zero-order valence-corrected chi connectivity index (χ0v) is 3.60. The molecule has 0 fully saturated rings. The standard InChI is InChI=1S/C4H8O2/c1-3-4(5)6-2/h3H2,1-2H3/i1D,3D/t3-/m0/s1. The van der Waals surface area contributed by atoms with Crippen molar-refractivity contribution in [1.29, 1.82) is 0 Å². The molecule has 1 atom stereocenters. The number of carbonyl (C=O) groups excluding carboxylic acids is 1. The van der Waals surface area contributed by atoms with Gasteiger partial charge in [-0.15, -0.1) is 0 Å². The second-order valence-electron chi connectivity index (χ2n) is 0.727. The first kappa shape index (κ1) is 2.61. The highest BCUT2D eigenvalue weighted by molar-refractivity contribution is 5.68. The van der Waals surface area contributed by atoms with E-state index in [0.29, 0.717) is 0 Å². The van der Waals surface area contributed by atoms with Crippen LogP contribution in [0.5, 0.6) is 0 Å². The van der Waals surface area contributed by atoms with E-state index in [4.69, 9.17) is 2.74 Å². The number of ether oxygens (including phenoxy) is 1. The molecule has 0 radical (unpaired) electrons. The summed E-state index contributed by atoms with van der Waals surface area (Å²) in [5.74, 6) is -0.639. The largest absolute Gasteiger partial charge is 0.469 e. The number of carbonyl (C=O) groups is 1. The fraction of sp³-hybridized carbons (Fsp3) is 0.750. The van der Waals surface area contributed by atoms with Crippen molar-refractivity contribution in [3.05, 3.63) is 0 Å². The van der Waals surface area contributed by atoms with Crippen molar-refractivity contribution >= 4 is 5.97 Å². The molecule has 0 heterocycles. The molecule has 0 aliphatic heterocycles. The summed E-state index contributed by atoms with van der Waals surface area (Å²) in [4.78, 5) is 10.2. The fourth-order valence-corrected chi connectivity index (χ4v) is 0.0833. The monoisotopic (exact) mass is 90.1 g/mol. The molecule has 0 bridgehead atoms. The Morgan fingerprint density at radius 3 is 3.17 bits per heavy atom. The average molecular weight is 90.1 g/mol. The summed E-state index contributed by atoms with van der Waals surface area (Å²) in [6, 6.07) is 0. The summed E-state index contributed by atoms with van der Waals surface area (Å²) in [7, 11) is 1.21. The van der Waals surface area contributed by atoms with Crippen LogP contribution in [0.2, 0.25) is 0 Å². The lowest BCUT2D eigenvalue weighted by Crippen LogP contribution is -1.94. The van der Waals surface area contributed by atoms with Gasteiger partial charge in [0.25, 0.3) is 0 Å². The van der Waals surface area contributed by atoms with E-state index in [0.717, 1.165) is 0 Å². The van der Waals surface area contributed by atoms with Crippen LogP contribution in [0.25, 0.3) is 0 Å². The second-order valence-corrected chi connectivity index (χ2v) is 0.727. The minimum atomic E-state index is -1.03. The van der Waals surface area contributed by atoms with Gasteiger partial charge in [-0.05, 0) is 0 Å². The molecule has 0 aromatic rings. The van der Waals surface area contributed by atoms with Crippen LogP contribution in [0, 0.1) is 0 Å². The second kappa shape index (κ2) is 2.69. The van der Waals surface area contributed by atoms with Crippen LogP contribution < -0.4 is 0 Å². The minimum absolute atomic E-state index is 0.229. The lowest BCUT2D eigenvalue weighted by atomic mass is 10.5. The predicted molar refractivity (Wildman–Crippen MR) is 22.3 cm³/mol. The predicted octanol–water partition coefficient (Wildman–Crippen LogP) is 0.569.